The standard InChI is InChI=1S/C13H14BrN3O2/c1-8-4-5-10(9(14)6-8)19-13-11(18-3)12(15-2)16-7-17-13/h4-7H,1-3H3,(H,15,16,17). The molecule has 0 fully saturated rings. The summed E-state index contributed by atoms with van der Waals surface area (Å²) in [6.07, 6.45) is 1.42. The van der Waals surface area contributed by atoms with Crippen LogP contribution >= 0.6 is 15.9 Å². The third kappa shape index (κ3) is 2.96. The molecule has 1 heterocycles. The quantitative estimate of drug-likeness (QED) is 0.934. The van der Waals surface area contributed by atoms with Crippen molar-refractivity contribution in [1.29, 1.82) is 0 Å². The van der Waals surface area contributed by atoms with E-state index >= 15 is 0 Å². The van der Waals surface area contributed by atoms with Gasteiger partial charge in [0.05, 0.1) is 11.6 Å². The van der Waals surface area contributed by atoms with E-state index in [1.54, 1.807) is 14.2 Å². The normalized spacial score (nSPS) is 10.1. The monoisotopic (exact) mass is 323 g/mol. The predicted octanol–water partition coefficient (Wildman–Crippen LogP) is 3.39. The van der Waals surface area contributed by atoms with Crippen molar-refractivity contribution in [2.45, 2.75) is 6.92 Å². The summed E-state index contributed by atoms with van der Waals surface area (Å²) in [7, 11) is 3.31. The molecule has 19 heavy (non-hydrogen) atoms. The molecule has 0 bridgehead atoms. The fourth-order valence-corrected chi connectivity index (χ4v) is 2.16. The zero-order valence-electron chi connectivity index (χ0n) is 10.9. The Labute approximate surface area is 120 Å². The lowest BCUT2D eigenvalue weighted by Crippen LogP contribution is -2.01. The molecule has 5 nitrogen and oxygen atoms in total. The highest BCUT2D eigenvalue weighted by Crippen LogP contribution is 2.36. The highest BCUT2D eigenvalue weighted by Gasteiger charge is 2.14. The van der Waals surface area contributed by atoms with Crippen molar-refractivity contribution < 1.29 is 9.47 Å². The summed E-state index contributed by atoms with van der Waals surface area (Å²) in [5.74, 6) is 2.09. The third-order valence-electron chi connectivity index (χ3n) is 2.51. The van der Waals surface area contributed by atoms with Crippen LogP contribution in [0.5, 0.6) is 17.4 Å². The van der Waals surface area contributed by atoms with Gasteiger partial charge in [0.15, 0.2) is 5.82 Å². The van der Waals surface area contributed by atoms with Crippen LogP contribution in [0.1, 0.15) is 5.56 Å². The summed E-state index contributed by atoms with van der Waals surface area (Å²) in [5, 5.41) is 2.93. The van der Waals surface area contributed by atoms with Gasteiger partial charge in [0.25, 0.3) is 5.88 Å². The number of aromatic nitrogens is 2. The van der Waals surface area contributed by atoms with E-state index in [9.17, 15) is 0 Å². The number of methoxy groups -OCH3 is 1. The Morgan fingerprint density at radius 1 is 1.26 bits per heavy atom. The fraction of sp³-hybridized carbons (Fsp3) is 0.231. The van der Waals surface area contributed by atoms with Gasteiger partial charge in [-0.05, 0) is 40.5 Å². The Bertz CT molecular complexity index is 590. The molecule has 1 N–H and O–H groups in total. The lowest BCUT2D eigenvalue weighted by molar-refractivity contribution is 0.368. The van der Waals surface area contributed by atoms with Crippen molar-refractivity contribution in [1.82, 2.24) is 9.97 Å². The summed E-state index contributed by atoms with van der Waals surface area (Å²) < 4.78 is 11.9. The summed E-state index contributed by atoms with van der Waals surface area (Å²) >= 11 is 3.46. The second-order valence-electron chi connectivity index (χ2n) is 3.85. The highest BCUT2D eigenvalue weighted by molar-refractivity contribution is 9.10. The van der Waals surface area contributed by atoms with Gasteiger partial charge >= 0.3 is 0 Å². The van der Waals surface area contributed by atoms with Crippen molar-refractivity contribution >= 4 is 21.7 Å². The van der Waals surface area contributed by atoms with Crippen LogP contribution in [0, 0.1) is 6.92 Å². The molecule has 0 aliphatic carbocycles. The topological polar surface area (TPSA) is 56.3 Å². The van der Waals surface area contributed by atoms with Crippen LogP contribution in [0.2, 0.25) is 0 Å². The molecule has 0 atom stereocenters. The number of hydrogen-bond acceptors (Lipinski definition) is 5. The summed E-state index contributed by atoms with van der Waals surface area (Å²) in [4.78, 5) is 8.17. The molecule has 0 radical (unpaired) electrons. The van der Waals surface area contributed by atoms with Gasteiger partial charge in [0, 0.05) is 7.05 Å². The highest BCUT2D eigenvalue weighted by atomic mass is 79.9. The van der Waals surface area contributed by atoms with Crippen LogP contribution in [0.25, 0.3) is 0 Å². The summed E-state index contributed by atoms with van der Waals surface area (Å²) in [6, 6.07) is 5.81. The number of nitrogens with one attached hydrogen (secondary N) is 1. The maximum absolute atomic E-state index is 5.77. The zero-order chi connectivity index (χ0) is 13.8. The second-order valence-corrected chi connectivity index (χ2v) is 4.70. The zero-order valence-corrected chi connectivity index (χ0v) is 12.5. The number of halogens is 1. The fourth-order valence-electron chi connectivity index (χ4n) is 1.59. The number of hydrogen-bond donors (Lipinski definition) is 1. The minimum Gasteiger partial charge on any atom is -0.489 e. The molecule has 2 aromatic rings. The molecule has 2 rings (SSSR count). The molecule has 0 aliphatic heterocycles. The molecule has 0 saturated carbocycles. The van der Waals surface area contributed by atoms with Gasteiger partial charge in [0.1, 0.15) is 12.1 Å². The Kier molecular flexibility index (Phi) is 4.21. The van der Waals surface area contributed by atoms with Crippen molar-refractivity contribution in [2.24, 2.45) is 0 Å². The average molecular weight is 324 g/mol. The largest absolute Gasteiger partial charge is 0.489 e. The minimum absolute atomic E-state index is 0.367. The molecule has 0 spiro atoms. The Hall–Kier alpha value is -1.82. The molecule has 6 heteroatoms. The molecular formula is C13H14BrN3O2. The molecule has 100 valence electrons. The van der Waals surface area contributed by atoms with Gasteiger partial charge in [-0.25, -0.2) is 4.98 Å². The smallest absolute Gasteiger partial charge is 0.268 e. The van der Waals surface area contributed by atoms with Crippen LogP contribution in [-0.4, -0.2) is 24.1 Å². The number of nitrogens with zero attached hydrogens (tertiary/aromatic N) is 2. The maximum Gasteiger partial charge on any atom is 0.268 e. The maximum atomic E-state index is 5.77. The van der Waals surface area contributed by atoms with Gasteiger partial charge in [-0.3, -0.25) is 0 Å². The first kappa shape index (κ1) is 13.6. The van der Waals surface area contributed by atoms with Crippen LogP contribution in [0.3, 0.4) is 0 Å². The van der Waals surface area contributed by atoms with E-state index in [2.05, 4.69) is 31.2 Å². The second kappa shape index (κ2) is 5.88. The van der Waals surface area contributed by atoms with Crippen LogP contribution in [-0.2, 0) is 0 Å². The van der Waals surface area contributed by atoms with Crippen molar-refractivity contribution in [3.63, 3.8) is 0 Å². The molecule has 0 saturated heterocycles. The van der Waals surface area contributed by atoms with E-state index in [1.807, 2.05) is 25.1 Å². The number of benzene rings is 1. The van der Waals surface area contributed by atoms with E-state index in [0.29, 0.717) is 23.2 Å². The van der Waals surface area contributed by atoms with E-state index < -0.39 is 0 Å². The molecule has 0 aliphatic rings. The predicted molar refractivity (Wildman–Crippen MR) is 77.1 cm³/mol. The Balaban J connectivity index is 2.37. The third-order valence-corrected chi connectivity index (χ3v) is 3.13. The van der Waals surface area contributed by atoms with Gasteiger partial charge in [-0.15, -0.1) is 0 Å². The number of rotatable bonds is 4. The van der Waals surface area contributed by atoms with E-state index in [-0.39, 0.29) is 0 Å². The van der Waals surface area contributed by atoms with E-state index in [4.69, 9.17) is 9.47 Å². The summed E-state index contributed by atoms with van der Waals surface area (Å²) in [6.45, 7) is 2.01. The van der Waals surface area contributed by atoms with Crippen molar-refractivity contribution in [3.05, 3.63) is 34.6 Å². The van der Waals surface area contributed by atoms with Gasteiger partial charge in [-0.1, -0.05) is 6.07 Å². The molecule has 0 amide bonds. The van der Waals surface area contributed by atoms with Gasteiger partial charge in [-0.2, -0.15) is 4.98 Å². The van der Waals surface area contributed by atoms with Crippen LogP contribution < -0.4 is 14.8 Å². The van der Waals surface area contributed by atoms with Crippen molar-refractivity contribution in [2.75, 3.05) is 19.5 Å². The van der Waals surface area contributed by atoms with Gasteiger partial charge in [0.2, 0.25) is 5.75 Å². The Morgan fingerprint density at radius 2 is 2.05 bits per heavy atom. The first-order chi connectivity index (χ1) is 9.15. The number of ether oxygens (including phenoxy) is 2. The molecular weight excluding hydrogens is 310 g/mol. The van der Waals surface area contributed by atoms with Crippen LogP contribution in [0.15, 0.2) is 29.0 Å². The van der Waals surface area contributed by atoms with Crippen LogP contribution in [0.4, 0.5) is 5.82 Å². The first-order valence-corrected chi connectivity index (χ1v) is 6.45. The summed E-state index contributed by atoms with van der Waals surface area (Å²) in [5.41, 5.74) is 1.14. The minimum atomic E-state index is 0.367. The van der Waals surface area contributed by atoms with E-state index in [0.717, 1.165) is 10.0 Å². The Morgan fingerprint density at radius 3 is 2.68 bits per heavy atom. The lowest BCUT2D eigenvalue weighted by atomic mass is 10.2. The molecule has 1 aromatic carbocycles. The average Bonchev–Trinajstić information content (AvgIpc) is 2.41. The van der Waals surface area contributed by atoms with E-state index in [1.165, 1.54) is 6.33 Å². The molecule has 1 aromatic heterocycles. The van der Waals surface area contributed by atoms with Gasteiger partial charge < -0.3 is 14.8 Å². The number of aryl methyl sites for hydroxylation is 1. The number of anilines is 1. The lowest BCUT2D eigenvalue weighted by Gasteiger charge is -2.12. The van der Waals surface area contributed by atoms with Crippen molar-refractivity contribution in [3.8, 4) is 17.4 Å². The SMILES string of the molecule is CNc1ncnc(Oc2ccc(C)cc2Br)c1OC. The molecule has 0 unspecified atom stereocenters. The first-order valence-electron chi connectivity index (χ1n) is 5.66.